The monoisotopic (exact) mass is 214 g/mol. The molecule has 0 spiro atoms. The first kappa shape index (κ1) is 12.6. The first-order valence-electron chi connectivity index (χ1n) is 3.85. The van der Waals surface area contributed by atoms with Crippen LogP contribution < -0.4 is 5.73 Å². The maximum absolute atomic E-state index is 10.3. The number of hydrogen-bond acceptors (Lipinski definition) is 3. The molecule has 0 atom stereocenters. The molecular formula is C9H11ClN2O2. The molecule has 2 N–H and O–H groups in total. The molecule has 0 unspecified atom stereocenters. The topological polar surface area (TPSA) is 69.2 Å². The van der Waals surface area contributed by atoms with E-state index in [0.29, 0.717) is 6.54 Å². The third-order valence-corrected chi connectivity index (χ3v) is 1.55. The van der Waals surface area contributed by atoms with Crippen LogP contribution in [0.5, 0.6) is 0 Å². The zero-order chi connectivity index (χ0) is 9.68. The summed E-state index contributed by atoms with van der Waals surface area (Å²) in [6.07, 6.45) is 3.62. The Balaban J connectivity index is 0.00000169. The highest BCUT2D eigenvalue weighted by molar-refractivity contribution is 5.85. The van der Waals surface area contributed by atoms with Gasteiger partial charge >= 0.3 is 0 Å². The minimum Gasteiger partial charge on any atom is -0.327 e. The zero-order valence-electron chi connectivity index (χ0n) is 7.42. The van der Waals surface area contributed by atoms with Gasteiger partial charge in [0.05, 0.1) is 4.92 Å². The molecule has 0 saturated carbocycles. The Bertz CT molecular complexity index is 322. The van der Waals surface area contributed by atoms with Crippen molar-refractivity contribution < 1.29 is 4.92 Å². The van der Waals surface area contributed by atoms with E-state index in [4.69, 9.17) is 5.73 Å². The highest BCUT2D eigenvalue weighted by Crippen LogP contribution is 2.12. The zero-order valence-corrected chi connectivity index (χ0v) is 8.24. The predicted octanol–water partition coefficient (Wildman–Crippen LogP) is 1.99. The molecule has 0 radical (unpaired) electrons. The van der Waals surface area contributed by atoms with E-state index in [1.807, 2.05) is 6.08 Å². The van der Waals surface area contributed by atoms with Crippen molar-refractivity contribution in [1.29, 1.82) is 0 Å². The van der Waals surface area contributed by atoms with Crippen molar-refractivity contribution >= 4 is 24.2 Å². The van der Waals surface area contributed by atoms with Gasteiger partial charge < -0.3 is 5.73 Å². The van der Waals surface area contributed by atoms with Gasteiger partial charge in [-0.25, -0.2) is 0 Å². The number of benzene rings is 1. The van der Waals surface area contributed by atoms with E-state index in [1.165, 1.54) is 12.1 Å². The third-order valence-electron chi connectivity index (χ3n) is 1.55. The largest absolute Gasteiger partial charge is 0.327 e. The van der Waals surface area contributed by atoms with Crippen LogP contribution in [0.15, 0.2) is 30.3 Å². The van der Waals surface area contributed by atoms with Crippen LogP contribution in [0.2, 0.25) is 0 Å². The Hall–Kier alpha value is -1.39. The highest BCUT2D eigenvalue weighted by atomic mass is 35.5. The van der Waals surface area contributed by atoms with Crippen LogP contribution in [0.25, 0.3) is 6.08 Å². The Labute approximate surface area is 88.0 Å². The molecule has 4 nitrogen and oxygen atoms in total. The van der Waals surface area contributed by atoms with Crippen molar-refractivity contribution in [2.75, 3.05) is 6.54 Å². The summed E-state index contributed by atoms with van der Waals surface area (Å²) in [5, 5.41) is 10.3. The van der Waals surface area contributed by atoms with Gasteiger partial charge in [0.1, 0.15) is 0 Å². The van der Waals surface area contributed by atoms with E-state index in [0.717, 1.165) is 5.56 Å². The van der Waals surface area contributed by atoms with Crippen LogP contribution >= 0.6 is 12.4 Å². The van der Waals surface area contributed by atoms with Crippen molar-refractivity contribution in [3.63, 3.8) is 0 Å². The molecule has 1 aromatic rings. The molecule has 1 rings (SSSR count). The molecule has 5 heteroatoms. The lowest BCUT2D eigenvalue weighted by atomic mass is 10.2. The standard InChI is InChI=1S/C9H10N2O2.ClH/c10-7-1-2-8-3-5-9(6-4-8)11(12)13;/h1-6H,7,10H2;1H/b2-1+;. The summed E-state index contributed by atoms with van der Waals surface area (Å²) in [5.74, 6) is 0. The average molecular weight is 215 g/mol. The van der Waals surface area contributed by atoms with Crippen LogP contribution in [-0.2, 0) is 0 Å². The van der Waals surface area contributed by atoms with Crippen molar-refractivity contribution in [3.05, 3.63) is 46.0 Å². The average Bonchev–Trinajstić information content (AvgIpc) is 2.15. The predicted molar refractivity (Wildman–Crippen MR) is 58.4 cm³/mol. The fraction of sp³-hybridized carbons (Fsp3) is 0.111. The first-order valence-corrected chi connectivity index (χ1v) is 3.85. The van der Waals surface area contributed by atoms with Crippen LogP contribution in [0.4, 0.5) is 5.69 Å². The summed E-state index contributed by atoms with van der Waals surface area (Å²) in [5.41, 5.74) is 6.27. The molecule has 0 amide bonds. The van der Waals surface area contributed by atoms with Crippen LogP contribution in [0.1, 0.15) is 5.56 Å². The number of halogens is 1. The lowest BCUT2D eigenvalue weighted by Gasteiger charge is -1.92. The molecule has 0 aliphatic rings. The molecule has 0 heterocycles. The van der Waals surface area contributed by atoms with E-state index in [9.17, 15) is 10.1 Å². The number of rotatable bonds is 3. The summed E-state index contributed by atoms with van der Waals surface area (Å²) in [4.78, 5) is 9.87. The van der Waals surface area contributed by atoms with E-state index >= 15 is 0 Å². The van der Waals surface area contributed by atoms with E-state index < -0.39 is 4.92 Å². The second-order valence-corrected chi connectivity index (χ2v) is 2.49. The molecule has 0 aliphatic carbocycles. The molecule has 14 heavy (non-hydrogen) atoms. The van der Waals surface area contributed by atoms with Crippen molar-refractivity contribution in [3.8, 4) is 0 Å². The highest BCUT2D eigenvalue weighted by Gasteiger charge is 2.01. The molecule has 1 aromatic carbocycles. The van der Waals surface area contributed by atoms with Gasteiger partial charge in [-0.1, -0.05) is 12.2 Å². The van der Waals surface area contributed by atoms with Gasteiger partial charge in [-0.2, -0.15) is 0 Å². The molecule has 76 valence electrons. The van der Waals surface area contributed by atoms with Crippen molar-refractivity contribution in [2.24, 2.45) is 5.73 Å². The number of nitro groups is 1. The number of non-ortho nitro benzene ring substituents is 1. The van der Waals surface area contributed by atoms with Crippen molar-refractivity contribution in [2.45, 2.75) is 0 Å². The van der Waals surface area contributed by atoms with Gasteiger partial charge in [0.2, 0.25) is 0 Å². The van der Waals surface area contributed by atoms with Gasteiger partial charge in [-0.3, -0.25) is 10.1 Å². The van der Waals surface area contributed by atoms with E-state index in [1.54, 1.807) is 18.2 Å². The Morgan fingerprint density at radius 2 is 1.93 bits per heavy atom. The summed E-state index contributed by atoms with van der Waals surface area (Å²) in [6.45, 7) is 0.469. The molecule has 0 saturated heterocycles. The van der Waals surface area contributed by atoms with Crippen LogP contribution in [0, 0.1) is 10.1 Å². The first-order chi connectivity index (χ1) is 6.24. The minimum absolute atomic E-state index is 0. The molecule has 0 aromatic heterocycles. The van der Waals surface area contributed by atoms with Gasteiger partial charge in [0.25, 0.3) is 5.69 Å². The minimum atomic E-state index is -0.420. The summed E-state index contributed by atoms with van der Waals surface area (Å²) in [7, 11) is 0. The lowest BCUT2D eigenvalue weighted by Crippen LogP contribution is -1.92. The van der Waals surface area contributed by atoms with E-state index in [2.05, 4.69) is 0 Å². The smallest absolute Gasteiger partial charge is 0.269 e. The van der Waals surface area contributed by atoms with E-state index in [-0.39, 0.29) is 18.1 Å². The Morgan fingerprint density at radius 3 is 2.36 bits per heavy atom. The molecule has 0 aliphatic heterocycles. The van der Waals surface area contributed by atoms with Gasteiger partial charge in [-0.05, 0) is 17.7 Å². The second-order valence-electron chi connectivity index (χ2n) is 2.49. The third kappa shape index (κ3) is 3.55. The summed E-state index contributed by atoms with van der Waals surface area (Å²) in [6, 6.07) is 6.31. The number of nitrogens with zero attached hydrogens (tertiary/aromatic N) is 1. The van der Waals surface area contributed by atoms with Gasteiger partial charge in [-0.15, -0.1) is 12.4 Å². The molecule has 0 bridgehead atoms. The molecule has 0 fully saturated rings. The fourth-order valence-electron chi connectivity index (χ4n) is 0.911. The van der Waals surface area contributed by atoms with Crippen LogP contribution in [-0.4, -0.2) is 11.5 Å². The maximum Gasteiger partial charge on any atom is 0.269 e. The number of nitro benzene ring substituents is 1. The summed E-state index contributed by atoms with van der Waals surface area (Å²) < 4.78 is 0. The summed E-state index contributed by atoms with van der Waals surface area (Å²) >= 11 is 0. The number of hydrogen-bond donors (Lipinski definition) is 1. The maximum atomic E-state index is 10.3. The van der Waals surface area contributed by atoms with Gasteiger partial charge in [0, 0.05) is 18.7 Å². The SMILES string of the molecule is Cl.NC/C=C/c1ccc([N+](=O)[O-])cc1. The normalized spacial score (nSPS) is 9.79. The van der Waals surface area contributed by atoms with Crippen LogP contribution in [0.3, 0.4) is 0 Å². The van der Waals surface area contributed by atoms with Gasteiger partial charge in [0.15, 0.2) is 0 Å². The Kier molecular flexibility index (Phi) is 5.52. The second kappa shape index (κ2) is 6.12. The quantitative estimate of drug-likeness (QED) is 0.618. The Morgan fingerprint density at radius 1 is 1.36 bits per heavy atom. The molecular weight excluding hydrogens is 204 g/mol. The lowest BCUT2D eigenvalue weighted by molar-refractivity contribution is -0.384. The van der Waals surface area contributed by atoms with Crippen molar-refractivity contribution in [1.82, 2.24) is 0 Å². The fourth-order valence-corrected chi connectivity index (χ4v) is 0.911. The number of nitrogens with two attached hydrogens (primary N) is 1.